The number of H-pyrrole nitrogens is 1. The summed E-state index contributed by atoms with van der Waals surface area (Å²) < 4.78 is 27.6. The third-order valence-electron chi connectivity index (χ3n) is 4.44. The molecule has 4 rings (SSSR count). The minimum Gasteiger partial charge on any atom is -0.857 e. The molecule has 2 aromatic carbocycles. The molecule has 0 bridgehead atoms. The first-order valence-corrected chi connectivity index (χ1v) is 11.3. The normalized spacial score (nSPS) is 12.6. The Morgan fingerprint density at radius 1 is 1.10 bits per heavy atom. The Labute approximate surface area is 177 Å². The van der Waals surface area contributed by atoms with E-state index in [1.165, 1.54) is 24.4 Å². The molecule has 0 amide bonds. The number of fused-ring (bicyclic) bond motifs is 1. The van der Waals surface area contributed by atoms with Crippen molar-refractivity contribution in [1.29, 1.82) is 0 Å². The third-order valence-corrected chi connectivity index (χ3v) is 7.20. The van der Waals surface area contributed by atoms with Crippen LogP contribution in [0.2, 0.25) is 0 Å². The molecule has 0 spiro atoms. The van der Waals surface area contributed by atoms with Crippen LogP contribution in [0.15, 0.2) is 80.5 Å². The average Bonchev–Trinajstić information content (AvgIpc) is 3.37. The van der Waals surface area contributed by atoms with Crippen LogP contribution in [0, 0.1) is 6.92 Å². The van der Waals surface area contributed by atoms with E-state index in [-0.39, 0.29) is 15.5 Å². The van der Waals surface area contributed by atoms with Gasteiger partial charge in [-0.1, -0.05) is 42.5 Å². The maximum Gasteiger partial charge on any atom is 0.271 e. The van der Waals surface area contributed by atoms with Gasteiger partial charge in [0.25, 0.3) is 10.0 Å². The topological polar surface area (TPSA) is 110 Å². The van der Waals surface area contributed by atoms with E-state index < -0.39 is 15.9 Å². The lowest BCUT2D eigenvalue weighted by Gasteiger charge is -2.15. The zero-order valence-corrected chi connectivity index (χ0v) is 17.5. The number of hydrogen-bond donors (Lipinski definition) is 2. The largest absolute Gasteiger partial charge is 0.857 e. The number of nitrogens with zero attached hydrogens (tertiary/aromatic N) is 2. The standard InChI is InChI=1S/C21H18N4O3S2/c1-14-17(15-7-2-4-9-18(15)23-14)13-22-24-21(26)16-8-3-5-10-19(16)25-30(27,28)20-11-6-12-29-20/h2-13,23,25H,1H3,(H,24,26)/p-1/b22-13+. The lowest BCUT2D eigenvalue weighted by Crippen LogP contribution is -2.22. The highest BCUT2D eigenvalue weighted by Gasteiger charge is 2.16. The third kappa shape index (κ3) is 3.98. The van der Waals surface area contributed by atoms with Crippen LogP contribution >= 0.6 is 11.3 Å². The molecular weight excluding hydrogens is 420 g/mol. The van der Waals surface area contributed by atoms with Crippen LogP contribution < -0.4 is 9.83 Å². The number of para-hydroxylation sites is 2. The Hall–Kier alpha value is -3.43. The van der Waals surface area contributed by atoms with E-state index in [0.29, 0.717) is 0 Å². The summed E-state index contributed by atoms with van der Waals surface area (Å²) in [5, 5.41) is 22.9. The number of hydrogen-bond acceptors (Lipinski definition) is 6. The maximum atomic E-state index is 12.6. The van der Waals surface area contributed by atoms with E-state index in [0.717, 1.165) is 33.5 Å². The fourth-order valence-corrected chi connectivity index (χ4v) is 5.10. The highest BCUT2D eigenvalue weighted by molar-refractivity contribution is 7.94. The monoisotopic (exact) mass is 437 g/mol. The van der Waals surface area contributed by atoms with E-state index in [1.54, 1.807) is 23.6 Å². The second-order valence-electron chi connectivity index (χ2n) is 6.44. The van der Waals surface area contributed by atoms with Crippen molar-refractivity contribution in [2.24, 2.45) is 10.2 Å². The fourth-order valence-electron chi connectivity index (χ4n) is 3.03. The minimum absolute atomic E-state index is 0.116. The quantitative estimate of drug-likeness (QED) is 0.274. The Morgan fingerprint density at radius 3 is 2.67 bits per heavy atom. The van der Waals surface area contributed by atoms with E-state index in [9.17, 15) is 13.5 Å². The van der Waals surface area contributed by atoms with E-state index >= 15 is 0 Å². The molecular formula is C21H17N4O3S2-. The summed E-state index contributed by atoms with van der Waals surface area (Å²) in [5.41, 5.74) is 2.99. The molecule has 2 heterocycles. The van der Waals surface area contributed by atoms with Crippen molar-refractivity contribution in [3.8, 4) is 0 Å². The van der Waals surface area contributed by atoms with Crippen LogP contribution in [0.5, 0.6) is 0 Å². The van der Waals surface area contributed by atoms with Gasteiger partial charge >= 0.3 is 0 Å². The Kier molecular flexibility index (Phi) is 5.39. The van der Waals surface area contributed by atoms with Gasteiger partial charge in [-0.25, -0.2) is 8.42 Å². The SMILES string of the molecule is Cc1[nH]c2ccccc2c1/C=N/N=C([O-])c1ccccc1NS(=O)(=O)c1cccs1. The minimum atomic E-state index is -3.78. The molecule has 9 heteroatoms. The second kappa shape index (κ2) is 8.13. The number of aromatic nitrogens is 1. The van der Waals surface area contributed by atoms with Gasteiger partial charge < -0.3 is 10.1 Å². The summed E-state index contributed by atoms with van der Waals surface area (Å²) in [6, 6.07) is 17.2. The first kappa shape index (κ1) is 19.9. The van der Waals surface area contributed by atoms with Crippen molar-refractivity contribution >= 4 is 50.1 Å². The second-order valence-corrected chi connectivity index (χ2v) is 9.30. The summed E-state index contributed by atoms with van der Waals surface area (Å²) >= 11 is 1.09. The summed E-state index contributed by atoms with van der Waals surface area (Å²) in [7, 11) is -3.78. The molecule has 0 unspecified atom stereocenters. The lowest BCUT2D eigenvalue weighted by atomic mass is 10.1. The molecule has 152 valence electrons. The van der Waals surface area contributed by atoms with Gasteiger partial charge in [0.2, 0.25) is 0 Å². The van der Waals surface area contributed by atoms with Crippen LogP contribution in [0.3, 0.4) is 0 Å². The summed E-state index contributed by atoms with van der Waals surface area (Å²) in [6.07, 6.45) is 1.52. The molecule has 7 nitrogen and oxygen atoms in total. The summed E-state index contributed by atoms with van der Waals surface area (Å²) in [4.78, 5) is 3.25. The van der Waals surface area contributed by atoms with Gasteiger partial charge in [0.15, 0.2) is 0 Å². The molecule has 2 aromatic heterocycles. The van der Waals surface area contributed by atoms with Gasteiger partial charge in [-0.2, -0.15) is 10.2 Å². The van der Waals surface area contributed by atoms with Crippen molar-refractivity contribution in [1.82, 2.24) is 4.98 Å². The van der Waals surface area contributed by atoms with E-state index in [1.807, 2.05) is 31.2 Å². The molecule has 0 aliphatic carbocycles. The zero-order chi connectivity index (χ0) is 21.1. The van der Waals surface area contributed by atoms with Crippen LogP contribution in [0.25, 0.3) is 10.9 Å². The highest BCUT2D eigenvalue weighted by Crippen LogP contribution is 2.23. The first-order valence-electron chi connectivity index (χ1n) is 8.97. The smallest absolute Gasteiger partial charge is 0.271 e. The predicted octanol–water partition coefficient (Wildman–Crippen LogP) is 3.48. The van der Waals surface area contributed by atoms with Gasteiger partial charge in [-0.3, -0.25) is 4.72 Å². The molecule has 30 heavy (non-hydrogen) atoms. The summed E-state index contributed by atoms with van der Waals surface area (Å²) in [6.45, 7) is 1.91. The van der Waals surface area contributed by atoms with Crippen LogP contribution in [0.4, 0.5) is 5.69 Å². The van der Waals surface area contributed by atoms with Crippen molar-refractivity contribution < 1.29 is 13.5 Å². The number of benzene rings is 2. The average molecular weight is 438 g/mol. The number of sulfonamides is 1. The van der Waals surface area contributed by atoms with Gasteiger partial charge in [0.05, 0.1) is 11.9 Å². The highest BCUT2D eigenvalue weighted by atomic mass is 32.2. The number of aryl methyl sites for hydroxylation is 1. The maximum absolute atomic E-state index is 12.6. The lowest BCUT2D eigenvalue weighted by molar-refractivity contribution is -0.213. The number of rotatable bonds is 6. The molecule has 0 fully saturated rings. The molecule has 4 aromatic rings. The van der Waals surface area contributed by atoms with Crippen LogP contribution in [-0.2, 0) is 10.0 Å². The molecule has 0 saturated carbocycles. The van der Waals surface area contributed by atoms with Crippen molar-refractivity contribution in [2.45, 2.75) is 11.1 Å². The van der Waals surface area contributed by atoms with Crippen LogP contribution in [0.1, 0.15) is 16.8 Å². The van der Waals surface area contributed by atoms with Gasteiger partial charge in [0.1, 0.15) is 4.21 Å². The van der Waals surface area contributed by atoms with Gasteiger partial charge in [0, 0.05) is 33.6 Å². The number of nitrogens with one attached hydrogen (secondary N) is 2. The Bertz CT molecular complexity index is 1350. The fraction of sp³-hybridized carbons (Fsp3) is 0.0476. The number of thiophene rings is 1. The zero-order valence-electron chi connectivity index (χ0n) is 15.9. The van der Waals surface area contributed by atoms with Crippen molar-refractivity contribution in [3.05, 3.63) is 82.9 Å². The number of aromatic amines is 1. The predicted molar refractivity (Wildman–Crippen MR) is 119 cm³/mol. The van der Waals surface area contributed by atoms with Crippen molar-refractivity contribution in [3.63, 3.8) is 0 Å². The molecule has 2 N–H and O–H groups in total. The molecule has 0 aliphatic heterocycles. The van der Waals surface area contributed by atoms with E-state index in [2.05, 4.69) is 19.9 Å². The van der Waals surface area contributed by atoms with E-state index in [4.69, 9.17) is 0 Å². The Balaban J connectivity index is 1.62. The van der Waals surface area contributed by atoms with Crippen molar-refractivity contribution in [2.75, 3.05) is 4.72 Å². The Morgan fingerprint density at radius 2 is 1.87 bits per heavy atom. The number of anilines is 1. The molecule has 0 atom stereocenters. The van der Waals surface area contributed by atoms with Gasteiger partial charge in [-0.05, 0) is 30.5 Å². The van der Waals surface area contributed by atoms with Crippen LogP contribution in [-0.4, -0.2) is 25.5 Å². The first-order chi connectivity index (χ1) is 14.5. The molecule has 0 saturated heterocycles. The molecule has 0 radical (unpaired) electrons. The summed E-state index contributed by atoms with van der Waals surface area (Å²) in [5.74, 6) is -0.645. The van der Waals surface area contributed by atoms with Gasteiger partial charge in [-0.15, -0.1) is 11.3 Å². The molecule has 0 aliphatic rings.